The number of H-pyrrole nitrogens is 1. The normalized spacial score (nSPS) is 34.9. The maximum absolute atomic E-state index is 13.5. The molecule has 35 heavy (non-hydrogen) atoms. The molecule has 2 bridgehead atoms. The molecule has 1 aromatic carbocycles. The summed E-state index contributed by atoms with van der Waals surface area (Å²) >= 11 is 3.01. The Morgan fingerprint density at radius 3 is 2.54 bits per heavy atom. The SMILES string of the molecule is CC[C@@]1(C)c2sc(=O)[nH]c2SC2C1[C@H]1C[C@H]2C2C(=O)N(/N=C/c3ccc(OC)c(OC)c3)C(=O)C21. The summed E-state index contributed by atoms with van der Waals surface area (Å²) in [7, 11) is 3.12. The van der Waals surface area contributed by atoms with E-state index in [4.69, 9.17) is 9.47 Å². The number of aromatic nitrogens is 1. The molecule has 3 fully saturated rings. The van der Waals surface area contributed by atoms with Crippen LogP contribution in [0.25, 0.3) is 0 Å². The highest BCUT2D eigenvalue weighted by Crippen LogP contribution is 2.69. The van der Waals surface area contributed by atoms with Crippen LogP contribution in [0.15, 0.2) is 33.1 Å². The van der Waals surface area contributed by atoms with E-state index in [1.54, 1.807) is 44.2 Å². The van der Waals surface area contributed by atoms with E-state index in [0.717, 1.165) is 27.8 Å². The Balaban J connectivity index is 1.31. The van der Waals surface area contributed by atoms with Crippen molar-refractivity contribution in [3.8, 4) is 11.5 Å². The fourth-order valence-corrected chi connectivity index (χ4v) is 10.2. The van der Waals surface area contributed by atoms with Gasteiger partial charge in [0.25, 0.3) is 11.8 Å². The van der Waals surface area contributed by atoms with Gasteiger partial charge in [-0.25, -0.2) is 0 Å². The number of methoxy groups -OCH3 is 2. The van der Waals surface area contributed by atoms with Gasteiger partial charge in [-0.2, -0.15) is 10.1 Å². The predicted molar refractivity (Wildman–Crippen MR) is 133 cm³/mol. The Kier molecular flexibility index (Phi) is 5.20. The molecular weight excluding hydrogens is 486 g/mol. The average Bonchev–Trinajstić information content (AvgIpc) is 3.59. The number of thioether (sulfide) groups is 1. The zero-order chi connectivity index (χ0) is 24.6. The van der Waals surface area contributed by atoms with Crippen molar-refractivity contribution in [2.24, 2.45) is 34.7 Å². The second-order valence-corrected chi connectivity index (χ2v) is 12.2. The van der Waals surface area contributed by atoms with Crippen molar-refractivity contribution in [2.45, 2.75) is 42.4 Å². The van der Waals surface area contributed by atoms with Gasteiger partial charge < -0.3 is 14.5 Å². The quantitative estimate of drug-likeness (QED) is 0.485. The molecule has 2 saturated carbocycles. The maximum atomic E-state index is 13.5. The lowest BCUT2D eigenvalue weighted by Crippen LogP contribution is -2.49. The van der Waals surface area contributed by atoms with Gasteiger partial charge in [0.2, 0.25) is 0 Å². The van der Waals surface area contributed by atoms with Crippen LogP contribution in [0.3, 0.4) is 0 Å². The number of nitrogens with one attached hydrogen (secondary N) is 1. The molecule has 2 amide bonds. The zero-order valence-electron chi connectivity index (χ0n) is 19.9. The summed E-state index contributed by atoms with van der Waals surface area (Å²) in [5, 5.41) is 6.60. The molecule has 0 spiro atoms. The Hall–Kier alpha value is -2.59. The third kappa shape index (κ3) is 3.05. The highest BCUT2D eigenvalue weighted by atomic mass is 32.2. The highest BCUT2D eigenvalue weighted by molar-refractivity contribution is 8.00. The molecule has 4 aliphatic rings. The first-order valence-corrected chi connectivity index (χ1v) is 13.6. The van der Waals surface area contributed by atoms with Crippen LogP contribution in [-0.2, 0) is 15.0 Å². The maximum Gasteiger partial charge on any atom is 0.305 e. The lowest BCUT2D eigenvalue weighted by atomic mass is 9.62. The van der Waals surface area contributed by atoms with Gasteiger partial charge in [0.05, 0.1) is 37.3 Å². The minimum Gasteiger partial charge on any atom is -0.493 e. The molecule has 1 aromatic heterocycles. The Morgan fingerprint density at radius 2 is 1.86 bits per heavy atom. The third-order valence-electron chi connectivity index (χ3n) is 8.67. The van der Waals surface area contributed by atoms with Crippen LogP contribution in [0.5, 0.6) is 11.5 Å². The van der Waals surface area contributed by atoms with E-state index in [0.29, 0.717) is 17.1 Å². The fraction of sp³-hybridized carbons (Fsp3) is 0.520. The largest absolute Gasteiger partial charge is 0.493 e. The van der Waals surface area contributed by atoms with Gasteiger partial charge in [0.15, 0.2) is 11.5 Å². The monoisotopic (exact) mass is 513 g/mol. The van der Waals surface area contributed by atoms with Gasteiger partial charge in [-0.15, -0.1) is 11.8 Å². The fourth-order valence-electron chi connectivity index (χ4n) is 7.05. The average molecular weight is 514 g/mol. The topological polar surface area (TPSA) is 101 Å². The second-order valence-electron chi connectivity index (χ2n) is 10.0. The Labute approximate surface area is 211 Å². The Morgan fingerprint density at radius 1 is 1.14 bits per heavy atom. The second kappa shape index (κ2) is 7.96. The molecular formula is C25H27N3O5S2. The molecule has 1 N–H and O–H groups in total. The summed E-state index contributed by atoms with van der Waals surface area (Å²) in [6.07, 6.45) is 3.30. The minimum absolute atomic E-state index is 0.0301. The number of aromatic amines is 1. The number of hydrogen-bond donors (Lipinski definition) is 1. The van der Waals surface area contributed by atoms with E-state index >= 15 is 0 Å². The number of carbonyl (C=O) groups is 2. The van der Waals surface area contributed by atoms with Crippen molar-refractivity contribution in [3.05, 3.63) is 38.3 Å². The smallest absolute Gasteiger partial charge is 0.305 e. The van der Waals surface area contributed by atoms with Gasteiger partial charge in [-0.05, 0) is 54.4 Å². The molecule has 7 atom stereocenters. The number of hydrazone groups is 1. The van der Waals surface area contributed by atoms with E-state index < -0.39 is 0 Å². The number of ether oxygens (including phenoxy) is 2. The van der Waals surface area contributed by atoms with E-state index in [-0.39, 0.29) is 56.9 Å². The first-order chi connectivity index (χ1) is 16.8. The number of rotatable bonds is 5. The van der Waals surface area contributed by atoms with Gasteiger partial charge in [-0.1, -0.05) is 25.2 Å². The molecule has 2 aromatic rings. The number of nitrogens with zero attached hydrogens (tertiary/aromatic N) is 2. The van der Waals surface area contributed by atoms with Crippen LogP contribution in [0.1, 0.15) is 37.1 Å². The van der Waals surface area contributed by atoms with Gasteiger partial charge >= 0.3 is 4.87 Å². The number of fused-ring (bicyclic) bond motifs is 9. The molecule has 4 unspecified atom stereocenters. The van der Waals surface area contributed by atoms with Crippen molar-refractivity contribution in [1.82, 2.24) is 9.99 Å². The van der Waals surface area contributed by atoms with E-state index in [1.807, 2.05) is 0 Å². The third-order valence-corrected chi connectivity index (χ3v) is 11.4. The van der Waals surface area contributed by atoms with Crippen LogP contribution in [0.2, 0.25) is 0 Å². The van der Waals surface area contributed by atoms with Crippen molar-refractivity contribution in [3.63, 3.8) is 0 Å². The summed E-state index contributed by atoms with van der Waals surface area (Å²) in [6.45, 7) is 4.39. The van der Waals surface area contributed by atoms with Crippen LogP contribution < -0.4 is 14.3 Å². The van der Waals surface area contributed by atoms with Crippen molar-refractivity contribution < 1.29 is 19.1 Å². The lowest BCUT2D eigenvalue weighted by Gasteiger charge is -2.48. The predicted octanol–water partition coefficient (Wildman–Crippen LogP) is 3.50. The number of benzene rings is 1. The van der Waals surface area contributed by atoms with Crippen molar-refractivity contribution in [1.29, 1.82) is 0 Å². The summed E-state index contributed by atoms with van der Waals surface area (Å²) in [4.78, 5) is 43.3. The summed E-state index contributed by atoms with van der Waals surface area (Å²) < 4.78 is 10.6. The van der Waals surface area contributed by atoms with E-state index in [9.17, 15) is 14.4 Å². The van der Waals surface area contributed by atoms with Gasteiger partial charge in [0, 0.05) is 15.5 Å². The molecule has 1 saturated heterocycles. The molecule has 10 heteroatoms. The highest BCUT2D eigenvalue weighted by Gasteiger charge is 2.71. The van der Waals surface area contributed by atoms with Crippen LogP contribution in [0.4, 0.5) is 0 Å². The van der Waals surface area contributed by atoms with E-state index in [2.05, 4.69) is 23.9 Å². The zero-order valence-corrected chi connectivity index (χ0v) is 21.6. The van der Waals surface area contributed by atoms with Crippen LogP contribution in [-0.4, -0.2) is 47.5 Å². The summed E-state index contributed by atoms with van der Waals surface area (Å²) in [5.41, 5.74) is 0.526. The molecule has 2 aliphatic carbocycles. The van der Waals surface area contributed by atoms with Gasteiger partial charge in [0.1, 0.15) is 0 Å². The number of amides is 2. The molecule has 8 nitrogen and oxygen atoms in total. The molecule has 6 rings (SSSR count). The molecule has 2 aliphatic heterocycles. The van der Waals surface area contributed by atoms with Crippen LogP contribution >= 0.6 is 23.1 Å². The van der Waals surface area contributed by atoms with Crippen LogP contribution in [0, 0.1) is 29.6 Å². The summed E-state index contributed by atoms with van der Waals surface area (Å²) in [6, 6.07) is 5.33. The molecule has 0 radical (unpaired) electrons. The lowest BCUT2D eigenvalue weighted by molar-refractivity contribution is -0.140. The number of carbonyl (C=O) groups excluding carboxylic acids is 2. The summed E-state index contributed by atoms with van der Waals surface area (Å²) in [5.74, 6) is 0.570. The molecule has 184 valence electrons. The number of imide groups is 1. The standard InChI is InChI=1S/C25H27N3O5S2/c1-5-25(2)18-12-9-13(19(18)34-21-20(25)35-24(31)27-21)17-16(12)22(29)28(23(17)30)26-10-11-6-7-14(32-3)15(8-11)33-4/h6-8,10,12-13,16-19H,5,9H2,1-4H3,(H,27,31)/b26-10+/t12-,13-,16?,17?,18?,19?,25+/m0/s1. The minimum atomic E-state index is -0.336. The van der Waals surface area contributed by atoms with Crippen molar-refractivity contribution >= 4 is 41.1 Å². The van der Waals surface area contributed by atoms with E-state index in [1.165, 1.54) is 17.6 Å². The first kappa shape index (κ1) is 22.8. The number of thiazole rings is 1. The number of hydrogen-bond acceptors (Lipinski definition) is 8. The van der Waals surface area contributed by atoms with Gasteiger partial charge in [-0.3, -0.25) is 14.4 Å². The molecule has 3 heterocycles. The Bertz CT molecular complexity index is 1320. The van der Waals surface area contributed by atoms with Crippen molar-refractivity contribution in [2.75, 3.05) is 14.2 Å². The first-order valence-electron chi connectivity index (χ1n) is 11.9.